The highest BCUT2D eigenvalue weighted by atomic mass is 16.2. The molecular formula is C23H22N6O. The predicted octanol–water partition coefficient (Wildman–Crippen LogP) is 3.45. The number of benzene rings is 2. The third-order valence-corrected chi connectivity index (χ3v) is 6.65. The first kappa shape index (κ1) is 17.4. The van der Waals surface area contributed by atoms with Crippen LogP contribution >= 0.6 is 0 Å². The molecule has 7 nitrogen and oxygen atoms in total. The van der Waals surface area contributed by atoms with Crippen LogP contribution in [0, 0.1) is 5.92 Å². The topological polar surface area (TPSA) is 68.8 Å². The van der Waals surface area contributed by atoms with Crippen LogP contribution in [0.2, 0.25) is 0 Å². The number of para-hydroxylation sites is 2. The fourth-order valence-corrected chi connectivity index (χ4v) is 4.84. The second kappa shape index (κ2) is 6.52. The first-order valence-corrected chi connectivity index (χ1v) is 10.4. The lowest BCUT2D eigenvalue weighted by atomic mass is 9.80. The van der Waals surface area contributed by atoms with Crippen molar-refractivity contribution >= 4 is 16.9 Å². The van der Waals surface area contributed by atoms with Crippen LogP contribution in [0.1, 0.15) is 29.6 Å². The van der Waals surface area contributed by atoms with Gasteiger partial charge in [-0.1, -0.05) is 23.4 Å². The van der Waals surface area contributed by atoms with Crippen molar-refractivity contribution in [2.24, 2.45) is 13.0 Å². The first-order chi connectivity index (χ1) is 14.7. The molecule has 1 saturated carbocycles. The summed E-state index contributed by atoms with van der Waals surface area (Å²) in [5, 5.41) is 8.63. The molecule has 2 aromatic carbocycles. The zero-order chi connectivity index (χ0) is 20.2. The van der Waals surface area contributed by atoms with Gasteiger partial charge < -0.3 is 9.47 Å². The molecule has 30 heavy (non-hydrogen) atoms. The predicted molar refractivity (Wildman–Crippen MR) is 113 cm³/mol. The van der Waals surface area contributed by atoms with Gasteiger partial charge in [0.15, 0.2) is 5.82 Å². The van der Waals surface area contributed by atoms with Crippen LogP contribution < -0.4 is 0 Å². The summed E-state index contributed by atoms with van der Waals surface area (Å²) < 4.78 is 3.73. The van der Waals surface area contributed by atoms with Gasteiger partial charge >= 0.3 is 0 Å². The van der Waals surface area contributed by atoms with Crippen LogP contribution in [0.25, 0.3) is 28.2 Å². The fraction of sp³-hybridized carbons (Fsp3) is 0.304. The molecule has 0 N–H and O–H groups in total. The maximum Gasteiger partial charge on any atom is 0.254 e. The smallest absolute Gasteiger partial charge is 0.254 e. The van der Waals surface area contributed by atoms with E-state index in [4.69, 9.17) is 4.98 Å². The lowest BCUT2D eigenvalue weighted by Gasteiger charge is -2.36. The van der Waals surface area contributed by atoms with Crippen molar-refractivity contribution in [1.82, 2.24) is 29.4 Å². The van der Waals surface area contributed by atoms with Crippen molar-refractivity contribution < 1.29 is 4.79 Å². The average molecular weight is 398 g/mol. The Morgan fingerprint density at radius 2 is 1.97 bits per heavy atom. The van der Waals surface area contributed by atoms with Gasteiger partial charge in [-0.05, 0) is 55.5 Å². The monoisotopic (exact) mass is 398 g/mol. The molecule has 6 rings (SSSR count). The fourth-order valence-electron chi connectivity index (χ4n) is 4.84. The molecular weight excluding hydrogens is 376 g/mol. The summed E-state index contributed by atoms with van der Waals surface area (Å²) >= 11 is 0. The van der Waals surface area contributed by atoms with Gasteiger partial charge in [0.25, 0.3) is 5.91 Å². The molecule has 150 valence electrons. The van der Waals surface area contributed by atoms with Crippen LogP contribution in [0.4, 0.5) is 0 Å². The number of carbonyl (C=O) groups excluding carboxylic acids is 1. The van der Waals surface area contributed by atoms with Crippen molar-refractivity contribution in [2.45, 2.75) is 25.3 Å². The number of amides is 1. The maximum absolute atomic E-state index is 13.1. The number of fused-ring (bicyclic) bond motifs is 2. The van der Waals surface area contributed by atoms with Crippen LogP contribution in [0.15, 0.2) is 54.7 Å². The Labute approximate surface area is 173 Å². The number of nitrogens with zero attached hydrogens (tertiary/aromatic N) is 6. The highest BCUT2D eigenvalue weighted by molar-refractivity contribution is 5.95. The molecule has 4 aromatic rings. The minimum atomic E-state index is 0.125. The average Bonchev–Trinajstić information content (AvgIpc) is 3.44. The summed E-state index contributed by atoms with van der Waals surface area (Å²) in [6, 6.07) is 16.1. The van der Waals surface area contributed by atoms with E-state index in [0.717, 1.165) is 41.9 Å². The minimum absolute atomic E-state index is 0.125. The van der Waals surface area contributed by atoms with Gasteiger partial charge in [-0.15, -0.1) is 5.10 Å². The third kappa shape index (κ3) is 2.58. The van der Waals surface area contributed by atoms with Gasteiger partial charge in [0.1, 0.15) is 5.69 Å². The molecule has 2 fully saturated rings. The van der Waals surface area contributed by atoms with E-state index in [1.807, 2.05) is 66.3 Å². The van der Waals surface area contributed by atoms with E-state index in [2.05, 4.69) is 15.2 Å². The molecule has 1 amide bonds. The summed E-state index contributed by atoms with van der Waals surface area (Å²) in [7, 11) is 1.98. The Morgan fingerprint density at radius 1 is 1.07 bits per heavy atom. The third-order valence-electron chi connectivity index (χ3n) is 6.65. The zero-order valence-corrected chi connectivity index (χ0v) is 16.8. The Morgan fingerprint density at radius 3 is 2.77 bits per heavy atom. The molecule has 0 unspecified atom stereocenters. The molecule has 0 bridgehead atoms. The Kier molecular flexibility index (Phi) is 3.78. The lowest BCUT2D eigenvalue weighted by molar-refractivity contribution is 0.0636. The Bertz CT molecular complexity index is 1270. The van der Waals surface area contributed by atoms with Gasteiger partial charge in [0, 0.05) is 25.2 Å². The van der Waals surface area contributed by atoms with E-state index >= 15 is 0 Å². The summed E-state index contributed by atoms with van der Waals surface area (Å²) in [5.74, 6) is 1.60. The Hall–Kier alpha value is -3.48. The van der Waals surface area contributed by atoms with Crippen LogP contribution in [-0.4, -0.2) is 47.9 Å². The van der Waals surface area contributed by atoms with Crippen molar-refractivity contribution in [3.63, 3.8) is 0 Å². The highest BCUT2D eigenvalue weighted by Crippen LogP contribution is 2.40. The standard InChI is InChI=1S/C23H22N6O/c1-27-21-8-3-2-7-18(21)24-22(27)19-14-29(26-25-19)17-6-4-5-16(13-17)23(30)28-12-11-15-9-10-20(15)28/h2-8,13-15,20H,9-12H2,1H3/t15-,20-/m0/s1. The van der Waals surface area contributed by atoms with Gasteiger partial charge in [0.05, 0.1) is 22.9 Å². The van der Waals surface area contributed by atoms with Crippen LogP contribution in [0.5, 0.6) is 0 Å². The molecule has 1 saturated heterocycles. The van der Waals surface area contributed by atoms with E-state index in [1.165, 1.54) is 6.42 Å². The SMILES string of the molecule is Cn1c(-c2cn(-c3cccc(C(=O)N4CC[C@@H]5CC[C@@H]54)c3)nn2)nc2ccccc21. The number of aryl methyl sites for hydroxylation is 1. The summed E-state index contributed by atoms with van der Waals surface area (Å²) in [4.78, 5) is 19.8. The zero-order valence-electron chi connectivity index (χ0n) is 16.8. The summed E-state index contributed by atoms with van der Waals surface area (Å²) in [6.45, 7) is 0.874. The summed E-state index contributed by atoms with van der Waals surface area (Å²) in [5.41, 5.74) is 4.21. The molecule has 2 aromatic heterocycles. The quantitative estimate of drug-likeness (QED) is 0.530. The van der Waals surface area contributed by atoms with E-state index in [0.29, 0.717) is 23.2 Å². The van der Waals surface area contributed by atoms with Crippen molar-refractivity contribution in [3.8, 4) is 17.2 Å². The van der Waals surface area contributed by atoms with Crippen molar-refractivity contribution in [3.05, 3.63) is 60.3 Å². The van der Waals surface area contributed by atoms with Gasteiger partial charge in [0.2, 0.25) is 0 Å². The number of aromatic nitrogens is 5. The molecule has 1 aliphatic carbocycles. The number of rotatable bonds is 3. The van der Waals surface area contributed by atoms with E-state index < -0.39 is 0 Å². The number of likely N-dealkylation sites (tertiary alicyclic amines) is 1. The van der Waals surface area contributed by atoms with Crippen molar-refractivity contribution in [2.75, 3.05) is 6.54 Å². The lowest BCUT2D eigenvalue weighted by Crippen LogP contribution is -2.42. The molecule has 7 heteroatoms. The van der Waals surface area contributed by atoms with E-state index in [-0.39, 0.29) is 5.91 Å². The number of hydrogen-bond acceptors (Lipinski definition) is 4. The Balaban J connectivity index is 1.31. The molecule has 1 aliphatic heterocycles. The van der Waals surface area contributed by atoms with Crippen LogP contribution in [0.3, 0.4) is 0 Å². The van der Waals surface area contributed by atoms with Gasteiger partial charge in [-0.3, -0.25) is 4.79 Å². The van der Waals surface area contributed by atoms with Gasteiger partial charge in [-0.25, -0.2) is 9.67 Å². The molecule has 3 heterocycles. The molecule has 2 atom stereocenters. The number of hydrogen-bond donors (Lipinski definition) is 0. The summed E-state index contributed by atoms with van der Waals surface area (Å²) in [6.07, 6.45) is 5.40. The number of imidazole rings is 1. The molecule has 2 aliphatic rings. The second-order valence-corrected chi connectivity index (χ2v) is 8.27. The maximum atomic E-state index is 13.1. The second-order valence-electron chi connectivity index (χ2n) is 8.27. The molecule has 0 radical (unpaired) electrons. The first-order valence-electron chi connectivity index (χ1n) is 10.4. The van der Waals surface area contributed by atoms with Crippen LogP contribution in [-0.2, 0) is 7.05 Å². The van der Waals surface area contributed by atoms with E-state index in [1.54, 1.807) is 4.68 Å². The largest absolute Gasteiger partial charge is 0.335 e. The van der Waals surface area contributed by atoms with Gasteiger partial charge in [-0.2, -0.15) is 0 Å². The van der Waals surface area contributed by atoms with E-state index in [9.17, 15) is 4.79 Å². The molecule has 0 spiro atoms. The normalized spacial score (nSPS) is 20.4. The number of carbonyl (C=O) groups is 1. The van der Waals surface area contributed by atoms with Crippen molar-refractivity contribution in [1.29, 1.82) is 0 Å². The highest BCUT2D eigenvalue weighted by Gasteiger charge is 2.43. The minimum Gasteiger partial charge on any atom is -0.335 e.